The Kier molecular flexibility index (Phi) is 3.45. The summed E-state index contributed by atoms with van der Waals surface area (Å²) in [4.78, 5) is 18.9. The zero-order valence-electron chi connectivity index (χ0n) is 12.1. The summed E-state index contributed by atoms with van der Waals surface area (Å²) in [5, 5.41) is 13.3. The maximum Gasteiger partial charge on any atom is 0.272 e. The predicted molar refractivity (Wildman–Crippen MR) is 86.2 cm³/mol. The topological polar surface area (TPSA) is 73.9 Å². The van der Waals surface area contributed by atoms with Crippen molar-refractivity contribution in [2.45, 2.75) is 12.5 Å². The van der Waals surface area contributed by atoms with Crippen LogP contribution in [0.2, 0.25) is 0 Å². The van der Waals surface area contributed by atoms with Gasteiger partial charge in [-0.05, 0) is 24.6 Å². The lowest BCUT2D eigenvalue weighted by molar-refractivity contribution is 0.0937. The molecule has 0 spiro atoms. The van der Waals surface area contributed by atoms with E-state index in [0.717, 1.165) is 24.6 Å². The second-order valence-corrected chi connectivity index (χ2v) is 6.35. The molecule has 0 radical (unpaired) electrons. The van der Waals surface area contributed by atoms with Crippen molar-refractivity contribution in [3.05, 3.63) is 41.3 Å². The van der Waals surface area contributed by atoms with Gasteiger partial charge in [0.2, 0.25) is 0 Å². The van der Waals surface area contributed by atoms with Gasteiger partial charge in [-0.1, -0.05) is 0 Å². The van der Waals surface area contributed by atoms with E-state index in [9.17, 15) is 9.18 Å². The number of hydrogen-bond acceptors (Lipinski definition) is 5. The average molecular weight is 331 g/mol. The number of thiazole rings is 1. The summed E-state index contributed by atoms with van der Waals surface area (Å²) in [6.07, 6.45) is 2.64. The Balaban J connectivity index is 1.47. The molecule has 2 aromatic heterocycles. The molecule has 1 aromatic carbocycles. The number of nitrogens with zero attached hydrogens (tertiary/aromatic N) is 3. The third-order valence-electron chi connectivity index (χ3n) is 3.95. The SMILES string of the molecule is O=C(NC1CCN(c2nccs2)C1)c1n[nH]c2cc(F)ccc12. The molecule has 6 nitrogen and oxygen atoms in total. The summed E-state index contributed by atoms with van der Waals surface area (Å²) >= 11 is 1.59. The van der Waals surface area contributed by atoms with Crippen LogP contribution in [0.15, 0.2) is 29.8 Å². The molecule has 1 saturated heterocycles. The third kappa shape index (κ3) is 2.65. The van der Waals surface area contributed by atoms with Gasteiger partial charge in [0, 0.05) is 36.1 Å². The molecule has 0 saturated carbocycles. The quantitative estimate of drug-likeness (QED) is 0.771. The Hall–Kier alpha value is -2.48. The summed E-state index contributed by atoms with van der Waals surface area (Å²) in [5.74, 6) is -0.600. The molecule has 23 heavy (non-hydrogen) atoms. The normalized spacial score (nSPS) is 17.8. The van der Waals surface area contributed by atoms with Gasteiger partial charge in [0.15, 0.2) is 10.8 Å². The molecular weight excluding hydrogens is 317 g/mol. The van der Waals surface area contributed by atoms with Crippen LogP contribution in [-0.2, 0) is 0 Å². The number of rotatable bonds is 3. The smallest absolute Gasteiger partial charge is 0.272 e. The summed E-state index contributed by atoms with van der Waals surface area (Å²) < 4.78 is 13.2. The van der Waals surface area contributed by atoms with Crippen LogP contribution in [0.3, 0.4) is 0 Å². The Morgan fingerprint density at radius 1 is 1.48 bits per heavy atom. The summed E-state index contributed by atoms with van der Waals surface area (Å²) in [6, 6.07) is 4.28. The van der Waals surface area contributed by atoms with Gasteiger partial charge >= 0.3 is 0 Å². The van der Waals surface area contributed by atoms with Gasteiger partial charge in [0.1, 0.15) is 5.82 Å². The van der Waals surface area contributed by atoms with Gasteiger partial charge in [0.25, 0.3) is 5.91 Å². The van der Waals surface area contributed by atoms with Crippen molar-refractivity contribution in [1.29, 1.82) is 0 Å². The standard InChI is InChI=1S/C15H14FN5OS/c16-9-1-2-11-12(7-9)19-20-13(11)14(22)18-10-3-5-21(8-10)15-17-4-6-23-15/h1-2,4,6-7,10H,3,5,8H2,(H,18,22)(H,19,20). The van der Waals surface area contributed by atoms with Crippen molar-refractivity contribution in [3.8, 4) is 0 Å². The minimum absolute atomic E-state index is 0.0543. The van der Waals surface area contributed by atoms with Gasteiger partial charge in [0.05, 0.1) is 5.52 Å². The van der Waals surface area contributed by atoms with Gasteiger partial charge in [-0.2, -0.15) is 5.10 Å². The van der Waals surface area contributed by atoms with Crippen LogP contribution in [-0.4, -0.2) is 40.2 Å². The van der Waals surface area contributed by atoms with Crippen molar-refractivity contribution in [2.75, 3.05) is 18.0 Å². The highest BCUT2D eigenvalue weighted by molar-refractivity contribution is 7.13. The summed E-state index contributed by atoms with van der Waals surface area (Å²) in [7, 11) is 0. The summed E-state index contributed by atoms with van der Waals surface area (Å²) in [5.41, 5.74) is 0.818. The maximum absolute atomic E-state index is 13.2. The van der Waals surface area contributed by atoms with E-state index in [2.05, 4.69) is 25.4 Å². The number of amides is 1. The minimum Gasteiger partial charge on any atom is -0.346 e. The van der Waals surface area contributed by atoms with Crippen molar-refractivity contribution >= 4 is 33.3 Å². The summed E-state index contributed by atoms with van der Waals surface area (Å²) in [6.45, 7) is 1.60. The van der Waals surface area contributed by atoms with E-state index in [1.165, 1.54) is 12.1 Å². The highest BCUT2D eigenvalue weighted by Gasteiger charge is 2.26. The number of aromatic amines is 1. The number of aromatic nitrogens is 3. The lowest BCUT2D eigenvalue weighted by atomic mass is 10.2. The van der Waals surface area contributed by atoms with Gasteiger partial charge in [-0.15, -0.1) is 11.3 Å². The molecule has 8 heteroatoms. The number of benzene rings is 1. The van der Waals surface area contributed by atoms with E-state index >= 15 is 0 Å². The van der Waals surface area contributed by atoms with E-state index in [1.807, 2.05) is 5.38 Å². The van der Waals surface area contributed by atoms with E-state index in [4.69, 9.17) is 0 Å². The lowest BCUT2D eigenvalue weighted by Gasteiger charge is -2.15. The predicted octanol–water partition coefficient (Wildman–Crippen LogP) is 2.17. The molecule has 0 aliphatic carbocycles. The lowest BCUT2D eigenvalue weighted by Crippen LogP contribution is -2.37. The van der Waals surface area contributed by atoms with Crippen LogP contribution in [0.4, 0.5) is 9.52 Å². The average Bonchev–Trinajstić information content (AvgIpc) is 3.26. The molecular formula is C15H14FN5OS. The Bertz CT molecular complexity index is 847. The highest BCUT2D eigenvalue weighted by atomic mass is 32.1. The van der Waals surface area contributed by atoms with E-state index in [1.54, 1.807) is 23.6 Å². The van der Waals surface area contributed by atoms with E-state index in [0.29, 0.717) is 16.6 Å². The number of hydrogen-bond donors (Lipinski definition) is 2. The molecule has 1 atom stereocenters. The second kappa shape index (κ2) is 5.62. The zero-order valence-corrected chi connectivity index (χ0v) is 12.9. The molecule has 4 rings (SSSR count). The first-order valence-electron chi connectivity index (χ1n) is 7.29. The van der Waals surface area contributed by atoms with E-state index in [-0.39, 0.29) is 17.8 Å². The van der Waals surface area contributed by atoms with Crippen LogP contribution in [0.1, 0.15) is 16.9 Å². The van der Waals surface area contributed by atoms with Crippen LogP contribution in [0.25, 0.3) is 10.9 Å². The number of fused-ring (bicyclic) bond motifs is 1. The number of H-pyrrole nitrogens is 1. The molecule has 1 fully saturated rings. The maximum atomic E-state index is 13.2. The van der Waals surface area contributed by atoms with Crippen LogP contribution in [0, 0.1) is 5.82 Å². The molecule has 3 heterocycles. The van der Waals surface area contributed by atoms with Crippen molar-refractivity contribution in [2.24, 2.45) is 0 Å². The molecule has 0 bridgehead atoms. The first-order valence-corrected chi connectivity index (χ1v) is 8.17. The fourth-order valence-electron chi connectivity index (χ4n) is 2.84. The molecule has 1 amide bonds. The van der Waals surface area contributed by atoms with Crippen LogP contribution < -0.4 is 10.2 Å². The fourth-order valence-corrected chi connectivity index (χ4v) is 3.52. The first-order chi connectivity index (χ1) is 11.2. The monoisotopic (exact) mass is 331 g/mol. The molecule has 1 unspecified atom stereocenters. The van der Waals surface area contributed by atoms with Crippen molar-refractivity contribution in [1.82, 2.24) is 20.5 Å². The molecule has 1 aliphatic rings. The molecule has 2 N–H and O–H groups in total. The van der Waals surface area contributed by atoms with Gasteiger partial charge in [-0.25, -0.2) is 9.37 Å². The van der Waals surface area contributed by atoms with Crippen molar-refractivity contribution in [3.63, 3.8) is 0 Å². The number of nitrogens with one attached hydrogen (secondary N) is 2. The van der Waals surface area contributed by atoms with Gasteiger partial charge < -0.3 is 10.2 Å². The molecule has 1 aliphatic heterocycles. The zero-order chi connectivity index (χ0) is 15.8. The Labute approximate surface area is 135 Å². The highest BCUT2D eigenvalue weighted by Crippen LogP contribution is 2.23. The Morgan fingerprint density at radius 2 is 2.39 bits per heavy atom. The number of carbonyl (C=O) groups is 1. The third-order valence-corrected chi connectivity index (χ3v) is 4.79. The van der Waals surface area contributed by atoms with Gasteiger partial charge in [-0.3, -0.25) is 9.89 Å². The second-order valence-electron chi connectivity index (χ2n) is 5.48. The van der Waals surface area contributed by atoms with Crippen LogP contribution in [0.5, 0.6) is 0 Å². The number of halogens is 1. The molecule has 118 valence electrons. The minimum atomic E-state index is -0.358. The number of anilines is 1. The molecule has 3 aromatic rings. The largest absolute Gasteiger partial charge is 0.346 e. The number of carbonyl (C=O) groups excluding carboxylic acids is 1. The first kappa shape index (κ1) is 14.1. The van der Waals surface area contributed by atoms with Crippen LogP contribution >= 0.6 is 11.3 Å². The van der Waals surface area contributed by atoms with E-state index < -0.39 is 0 Å². The van der Waals surface area contributed by atoms with Crippen molar-refractivity contribution < 1.29 is 9.18 Å². The Morgan fingerprint density at radius 3 is 3.22 bits per heavy atom. The fraction of sp³-hybridized carbons (Fsp3) is 0.267.